The average molecular weight is 405 g/mol. The van der Waals surface area contributed by atoms with E-state index in [0.29, 0.717) is 65.2 Å². The molecule has 0 unspecified atom stereocenters. The summed E-state index contributed by atoms with van der Waals surface area (Å²) in [4.78, 5) is 15.5. The zero-order chi connectivity index (χ0) is 20.9. The topological polar surface area (TPSA) is 134 Å². The Morgan fingerprint density at radius 3 is 1.79 bits per heavy atom. The number of aliphatic hydroxyl groups is 1. The van der Waals surface area contributed by atoms with Gasteiger partial charge in [-0.25, -0.2) is 0 Å². The molecule has 0 amide bonds. The first kappa shape index (κ1) is 26.6. The predicted octanol–water partition coefficient (Wildman–Crippen LogP) is -0.328. The smallest absolute Gasteiger partial charge is 0.156 e. The van der Waals surface area contributed by atoms with Gasteiger partial charge < -0.3 is 34.6 Å². The Labute approximate surface area is 167 Å². The molecule has 0 fully saturated rings. The third-order valence-corrected chi connectivity index (χ3v) is 3.27. The Morgan fingerprint density at radius 1 is 0.893 bits per heavy atom. The van der Waals surface area contributed by atoms with E-state index in [4.69, 9.17) is 34.6 Å². The molecule has 0 radical (unpaired) electrons. The molecule has 0 bridgehead atoms. The number of aliphatic imine (C=N–C) groups is 1. The van der Waals surface area contributed by atoms with Crippen LogP contribution in [0.25, 0.3) is 0 Å². The summed E-state index contributed by atoms with van der Waals surface area (Å²) in [7, 11) is 0. The van der Waals surface area contributed by atoms with Gasteiger partial charge in [-0.3, -0.25) is 9.79 Å². The second kappa shape index (κ2) is 20.3. The molecule has 28 heavy (non-hydrogen) atoms. The van der Waals surface area contributed by atoms with Gasteiger partial charge >= 0.3 is 0 Å². The fourth-order valence-electron chi connectivity index (χ4n) is 1.65. The Balaban J connectivity index is 3.42. The molecule has 0 aliphatic carbocycles. The fourth-order valence-corrected chi connectivity index (χ4v) is 1.65. The molecule has 3 N–H and O–H groups in total. The van der Waals surface area contributed by atoms with Crippen LogP contribution in [0.15, 0.2) is 10.1 Å². The third-order valence-electron chi connectivity index (χ3n) is 3.27. The van der Waals surface area contributed by atoms with Gasteiger partial charge in [-0.15, -0.1) is 0 Å². The van der Waals surface area contributed by atoms with Gasteiger partial charge in [0.1, 0.15) is 5.71 Å². The highest BCUT2D eigenvalue weighted by Crippen LogP contribution is 1.93. The summed E-state index contributed by atoms with van der Waals surface area (Å²) in [6.45, 7) is 7.95. The van der Waals surface area contributed by atoms with E-state index in [1.807, 2.05) is 13.8 Å². The van der Waals surface area contributed by atoms with Crippen LogP contribution < -0.4 is 5.84 Å². The van der Waals surface area contributed by atoms with Gasteiger partial charge in [-0.1, -0.05) is 13.8 Å². The maximum atomic E-state index is 11.5. The van der Waals surface area contributed by atoms with E-state index in [2.05, 4.69) is 10.1 Å². The fraction of sp³-hybridized carbons (Fsp3) is 0.833. The SMILES string of the molecule is CC(C)C(=O)CN=C/C(COCCOCCOCCOCCOCCO)=N\N. The maximum absolute atomic E-state index is 11.5. The normalized spacial score (nSPS) is 12.4. The van der Waals surface area contributed by atoms with Crippen molar-refractivity contribution in [1.29, 1.82) is 0 Å². The molecule has 0 saturated carbocycles. The average Bonchev–Trinajstić information content (AvgIpc) is 2.69. The number of hydrogen-bond donors (Lipinski definition) is 2. The minimum atomic E-state index is -0.0442. The molecule has 10 nitrogen and oxygen atoms in total. The molecular formula is C18H35N3O7. The van der Waals surface area contributed by atoms with Crippen molar-refractivity contribution >= 4 is 17.7 Å². The second-order valence-corrected chi connectivity index (χ2v) is 5.94. The molecule has 0 aromatic heterocycles. The van der Waals surface area contributed by atoms with Crippen molar-refractivity contribution < 1.29 is 33.6 Å². The van der Waals surface area contributed by atoms with Crippen molar-refractivity contribution in [2.24, 2.45) is 21.9 Å². The van der Waals surface area contributed by atoms with Crippen LogP contribution in [0, 0.1) is 5.92 Å². The van der Waals surface area contributed by atoms with Gasteiger partial charge in [0, 0.05) is 12.1 Å². The number of nitrogens with two attached hydrogens (primary N) is 1. The van der Waals surface area contributed by atoms with Gasteiger partial charge in [0.05, 0.1) is 79.2 Å². The number of rotatable bonds is 20. The van der Waals surface area contributed by atoms with Crippen LogP contribution in [0.1, 0.15) is 13.8 Å². The van der Waals surface area contributed by atoms with Crippen molar-refractivity contribution in [3.63, 3.8) is 0 Å². The van der Waals surface area contributed by atoms with Crippen molar-refractivity contribution in [2.75, 3.05) is 79.2 Å². The van der Waals surface area contributed by atoms with Crippen molar-refractivity contribution in [3.8, 4) is 0 Å². The number of aliphatic hydroxyl groups excluding tert-OH is 1. The van der Waals surface area contributed by atoms with Crippen molar-refractivity contribution in [3.05, 3.63) is 0 Å². The molecular weight excluding hydrogens is 370 g/mol. The number of nitrogens with zero attached hydrogens (tertiary/aromatic N) is 2. The largest absolute Gasteiger partial charge is 0.394 e. The van der Waals surface area contributed by atoms with Crippen LogP contribution in [-0.2, 0) is 28.5 Å². The number of ether oxygens (including phenoxy) is 5. The zero-order valence-electron chi connectivity index (χ0n) is 17.0. The Kier molecular flexibility index (Phi) is 19.3. The number of carbonyl (C=O) groups excluding carboxylic acids is 1. The molecule has 0 saturated heterocycles. The van der Waals surface area contributed by atoms with E-state index < -0.39 is 0 Å². The Hall–Kier alpha value is -1.43. The third kappa shape index (κ3) is 18.0. The van der Waals surface area contributed by atoms with Crippen molar-refractivity contribution in [1.82, 2.24) is 0 Å². The molecule has 164 valence electrons. The lowest BCUT2D eigenvalue weighted by molar-refractivity contribution is -0.120. The summed E-state index contributed by atoms with van der Waals surface area (Å²) < 4.78 is 26.5. The summed E-state index contributed by atoms with van der Waals surface area (Å²) >= 11 is 0. The lowest BCUT2D eigenvalue weighted by Gasteiger charge is -2.07. The number of ketones is 1. The minimum Gasteiger partial charge on any atom is -0.394 e. The number of Topliss-reactive ketones (excluding diaryl/α,β-unsaturated/α-hetero) is 1. The van der Waals surface area contributed by atoms with E-state index in [0.717, 1.165) is 0 Å². The second-order valence-electron chi connectivity index (χ2n) is 5.94. The lowest BCUT2D eigenvalue weighted by atomic mass is 10.1. The van der Waals surface area contributed by atoms with Gasteiger partial charge in [0.2, 0.25) is 0 Å². The van der Waals surface area contributed by atoms with E-state index in [9.17, 15) is 4.79 Å². The van der Waals surface area contributed by atoms with Crippen LogP contribution in [-0.4, -0.2) is 102 Å². The highest BCUT2D eigenvalue weighted by Gasteiger charge is 2.05. The molecule has 0 aromatic carbocycles. The lowest BCUT2D eigenvalue weighted by Crippen LogP contribution is -2.17. The number of hydrazone groups is 1. The summed E-state index contributed by atoms with van der Waals surface area (Å²) in [6.07, 6.45) is 1.45. The summed E-state index contributed by atoms with van der Waals surface area (Å²) in [5.41, 5.74) is 0.460. The molecule has 10 heteroatoms. The standard InChI is InChI=1S/C18H35N3O7/c1-16(2)18(23)14-20-13-17(21-19)15-28-12-11-27-10-9-26-8-7-25-6-5-24-4-3-22/h13,16,22H,3-12,14-15,19H2,1-2H3/b20-13?,21-17+. The van der Waals surface area contributed by atoms with Crippen LogP contribution >= 0.6 is 0 Å². The highest BCUT2D eigenvalue weighted by atomic mass is 16.6. The molecule has 0 atom stereocenters. The van der Waals surface area contributed by atoms with E-state index in [-0.39, 0.29) is 31.5 Å². The van der Waals surface area contributed by atoms with Crippen LogP contribution in [0.3, 0.4) is 0 Å². The summed E-state index contributed by atoms with van der Waals surface area (Å²) in [5, 5.41) is 12.1. The Bertz CT molecular complexity index is 431. The Morgan fingerprint density at radius 2 is 1.36 bits per heavy atom. The van der Waals surface area contributed by atoms with E-state index >= 15 is 0 Å². The van der Waals surface area contributed by atoms with Gasteiger partial charge in [-0.05, 0) is 0 Å². The molecule has 0 rings (SSSR count). The first-order chi connectivity index (χ1) is 13.6. The quantitative estimate of drug-likeness (QED) is 0.122. The van der Waals surface area contributed by atoms with Crippen molar-refractivity contribution in [2.45, 2.75) is 13.8 Å². The van der Waals surface area contributed by atoms with Crippen LogP contribution in [0.5, 0.6) is 0 Å². The molecule has 0 spiro atoms. The first-order valence-corrected chi connectivity index (χ1v) is 9.40. The minimum absolute atomic E-state index is 0.0186. The highest BCUT2D eigenvalue weighted by molar-refractivity contribution is 6.31. The van der Waals surface area contributed by atoms with E-state index in [1.165, 1.54) is 6.21 Å². The maximum Gasteiger partial charge on any atom is 0.156 e. The summed E-state index contributed by atoms with van der Waals surface area (Å²) in [5.74, 6) is 5.28. The molecule has 0 aliphatic heterocycles. The zero-order valence-corrected chi connectivity index (χ0v) is 17.0. The predicted molar refractivity (Wildman–Crippen MR) is 106 cm³/mol. The molecule has 0 aromatic rings. The first-order valence-electron chi connectivity index (χ1n) is 9.40. The summed E-state index contributed by atoms with van der Waals surface area (Å²) in [6, 6.07) is 0. The van der Waals surface area contributed by atoms with E-state index in [1.54, 1.807) is 0 Å². The van der Waals surface area contributed by atoms with Gasteiger partial charge in [-0.2, -0.15) is 5.10 Å². The van der Waals surface area contributed by atoms with Gasteiger partial charge in [0.15, 0.2) is 5.78 Å². The molecule has 0 aliphatic rings. The van der Waals surface area contributed by atoms with Crippen LogP contribution in [0.4, 0.5) is 0 Å². The molecule has 0 heterocycles. The number of hydrogen-bond acceptors (Lipinski definition) is 10. The number of carbonyl (C=O) groups is 1. The monoisotopic (exact) mass is 405 g/mol. The van der Waals surface area contributed by atoms with Crippen LogP contribution in [0.2, 0.25) is 0 Å². The van der Waals surface area contributed by atoms with Gasteiger partial charge in [0.25, 0.3) is 0 Å².